The Morgan fingerprint density at radius 2 is 2.13 bits per heavy atom. The molecule has 0 aliphatic carbocycles. The molecule has 0 aliphatic heterocycles. The summed E-state index contributed by atoms with van der Waals surface area (Å²) in [5, 5.41) is 17.6. The van der Waals surface area contributed by atoms with Gasteiger partial charge in [0.25, 0.3) is 0 Å². The summed E-state index contributed by atoms with van der Waals surface area (Å²) in [5.41, 5.74) is 6.61. The zero-order valence-electron chi connectivity index (χ0n) is 7.99. The second-order valence-corrected chi connectivity index (χ2v) is 3.22. The zero-order valence-corrected chi connectivity index (χ0v) is 7.99. The van der Waals surface area contributed by atoms with Gasteiger partial charge in [0.15, 0.2) is 0 Å². The molecule has 0 spiro atoms. The van der Waals surface area contributed by atoms with Crippen LogP contribution in [0.15, 0.2) is 30.3 Å². The number of nitrogens with two attached hydrogens (primary N) is 1. The number of amidine groups is 1. The lowest BCUT2D eigenvalue weighted by Crippen LogP contribution is -2.03. The van der Waals surface area contributed by atoms with Gasteiger partial charge in [-0.15, -0.1) is 0 Å². The highest BCUT2D eigenvalue weighted by Gasteiger charge is 2.06. The fourth-order valence-corrected chi connectivity index (χ4v) is 1.44. The Balaban J connectivity index is 2.53. The van der Waals surface area contributed by atoms with Gasteiger partial charge in [-0.1, -0.05) is 12.1 Å². The summed E-state index contributed by atoms with van der Waals surface area (Å²) in [6.07, 6.45) is 3.00. The van der Waals surface area contributed by atoms with Crippen LogP contribution >= 0.6 is 0 Å². The third-order valence-electron chi connectivity index (χ3n) is 2.14. The molecule has 0 saturated carbocycles. The second kappa shape index (κ2) is 3.49. The van der Waals surface area contributed by atoms with Crippen molar-refractivity contribution in [2.75, 3.05) is 0 Å². The standard InChI is InChI=1S/C11H11N3O/c12-10(13)6-5-9-11(15)7-3-1-2-4-8(7)14-9/h1-6,14-15H,(H3,12,13)/b6-5+. The van der Waals surface area contributed by atoms with Gasteiger partial charge < -0.3 is 15.8 Å². The van der Waals surface area contributed by atoms with Crippen LogP contribution in [0.4, 0.5) is 0 Å². The summed E-state index contributed by atoms with van der Waals surface area (Å²) in [4.78, 5) is 3.03. The van der Waals surface area contributed by atoms with E-state index >= 15 is 0 Å². The van der Waals surface area contributed by atoms with Crippen molar-refractivity contribution in [2.45, 2.75) is 0 Å². The molecule has 0 radical (unpaired) electrons. The van der Waals surface area contributed by atoms with Crippen LogP contribution in [0.1, 0.15) is 5.69 Å². The Morgan fingerprint density at radius 1 is 1.40 bits per heavy atom. The van der Waals surface area contributed by atoms with E-state index in [4.69, 9.17) is 11.1 Å². The molecule has 1 heterocycles. The first-order chi connectivity index (χ1) is 7.18. The van der Waals surface area contributed by atoms with Crippen molar-refractivity contribution in [3.63, 3.8) is 0 Å². The first-order valence-corrected chi connectivity index (χ1v) is 4.50. The van der Waals surface area contributed by atoms with Gasteiger partial charge >= 0.3 is 0 Å². The fourth-order valence-electron chi connectivity index (χ4n) is 1.44. The summed E-state index contributed by atoms with van der Waals surface area (Å²) in [7, 11) is 0. The summed E-state index contributed by atoms with van der Waals surface area (Å²) in [6, 6.07) is 7.44. The van der Waals surface area contributed by atoms with Crippen molar-refractivity contribution in [1.82, 2.24) is 4.98 Å². The van der Waals surface area contributed by atoms with E-state index < -0.39 is 0 Å². The maximum absolute atomic E-state index is 9.81. The highest BCUT2D eigenvalue weighted by molar-refractivity contribution is 5.95. The molecule has 0 amide bonds. The van der Waals surface area contributed by atoms with E-state index in [2.05, 4.69) is 4.98 Å². The molecule has 1 aromatic heterocycles. The average molecular weight is 201 g/mol. The highest BCUT2D eigenvalue weighted by atomic mass is 16.3. The molecule has 0 aliphatic rings. The largest absolute Gasteiger partial charge is 0.505 e. The van der Waals surface area contributed by atoms with E-state index in [9.17, 15) is 5.11 Å². The molecule has 0 unspecified atom stereocenters. The van der Waals surface area contributed by atoms with Crippen LogP contribution in [0.3, 0.4) is 0 Å². The molecule has 4 heteroatoms. The monoisotopic (exact) mass is 201 g/mol. The van der Waals surface area contributed by atoms with Crippen molar-refractivity contribution in [1.29, 1.82) is 5.41 Å². The number of fused-ring (bicyclic) bond motifs is 1. The molecule has 5 N–H and O–H groups in total. The van der Waals surface area contributed by atoms with Crippen molar-refractivity contribution in [3.8, 4) is 5.75 Å². The molecule has 76 valence electrons. The molecule has 2 rings (SSSR count). The highest BCUT2D eigenvalue weighted by Crippen LogP contribution is 2.29. The van der Waals surface area contributed by atoms with Crippen molar-refractivity contribution < 1.29 is 5.11 Å². The first-order valence-electron chi connectivity index (χ1n) is 4.50. The van der Waals surface area contributed by atoms with E-state index in [-0.39, 0.29) is 11.6 Å². The van der Waals surface area contributed by atoms with E-state index in [1.807, 2.05) is 24.3 Å². The summed E-state index contributed by atoms with van der Waals surface area (Å²) < 4.78 is 0. The van der Waals surface area contributed by atoms with Crippen molar-refractivity contribution >= 4 is 22.8 Å². The number of hydrogen-bond acceptors (Lipinski definition) is 2. The minimum absolute atomic E-state index is 0.0481. The lowest BCUT2D eigenvalue weighted by molar-refractivity contribution is 0.480. The zero-order chi connectivity index (χ0) is 10.8. The lowest BCUT2D eigenvalue weighted by Gasteiger charge is -1.89. The number of aromatic amines is 1. The van der Waals surface area contributed by atoms with Crippen LogP contribution in [0.25, 0.3) is 17.0 Å². The van der Waals surface area contributed by atoms with Gasteiger partial charge in [-0.3, -0.25) is 5.41 Å². The second-order valence-electron chi connectivity index (χ2n) is 3.22. The fraction of sp³-hybridized carbons (Fsp3) is 0. The van der Waals surface area contributed by atoms with Gasteiger partial charge in [0.2, 0.25) is 0 Å². The molecule has 0 bridgehead atoms. The summed E-state index contributed by atoms with van der Waals surface area (Å²) in [6.45, 7) is 0. The third-order valence-corrected chi connectivity index (χ3v) is 2.14. The average Bonchev–Trinajstić information content (AvgIpc) is 2.54. The normalized spacial score (nSPS) is 11.2. The van der Waals surface area contributed by atoms with Crippen LogP contribution in [-0.4, -0.2) is 15.9 Å². The van der Waals surface area contributed by atoms with Crippen LogP contribution in [0.5, 0.6) is 5.75 Å². The number of H-pyrrole nitrogens is 1. The van der Waals surface area contributed by atoms with E-state index in [0.29, 0.717) is 5.69 Å². The molecule has 15 heavy (non-hydrogen) atoms. The Hall–Kier alpha value is -2.23. The van der Waals surface area contributed by atoms with Crippen molar-refractivity contribution in [3.05, 3.63) is 36.0 Å². The number of hydrogen-bond donors (Lipinski definition) is 4. The molecule has 1 aromatic carbocycles. The quantitative estimate of drug-likeness (QED) is 0.441. The van der Waals surface area contributed by atoms with Crippen LogP contribution in [0, 0.1) is 5.41 Å². The smallest absolute Gasteiger partial charge is 0.148 e. The number of nitrogens with one attached hydrogen (secondary N) is 2. The molecular formula is C11H11N3O. The van der Waals surface area contributed by atoms with Gasteiger partial charge in [-0.05, 0) is 24.3 Å². The Bertz CT molecular complexity index is 540. The Labute approximate surface area is 86.5 Å². The van der Waals surface area contributed by atoms with Gasteiger partial charge in [0.05, 0.1) is 5.69 Å². The number of aromatic nitrogens is 1. The third kappa shape index (κ3) is 1.69. The predicted molar refractivity (Wildman–Crippen MR) is 60.9 cm³/mol. The summed E-state index contributed by atoms with van der Waals surface area (Å²) in [5.74, 6) is 0.135. The van der Waals surface area contributed by atoms with Crippen LogP contribution < -0.4 is 5.73 Å². The number of aromatic hydroxyl groups is 1. The summed E-state index contributed by atoms with van der Waals surface area (Å²) >= 11 is 0. The van der Waals surface area contributed by atoms with Crippen LogP contribution in [-0.2, 0) is 0 Å². The predicted octanol–water partition coefficient (Wildman–Crippen LogP) is 1.82. The van der Waals surface area contributed by atoms with Gasteiger partial charge in [-0.2, -0.15) is 0 Å². The molecule has 0 saturated heterocycles. The molecular weight excluding hydrogens is 190 g/mol. The minimum Gasteiger partial charge on any atom is -0.505 e. The molecule has 0 fully saturated rings. The Kier molecular flexibility index (Phi) is 2.17. The first kappa shape index (κ1) is 9.33. The lowest BCUT2D eigenvalue weighted by atomic mass is 10.2. The Morgan fingerprint density at radius 3 is 2.80 bits per heavy atom. The molecule has 2 aromatic rings. The molecule has 0 atom stereocenters. The topological polar surface area (TPSA) is 85.9 Å². The van der Waals surface area contributed by atoms with Crippen LogP contribution in [0.2, 0.25) is 0 Å². The minimum atomic E-state index is -0.0481. The maximum Gasteiger partial charge on any atom is 0.148 e. The van der Waals surface area contributed by atoms with E-state index in [1.54, 1.807) is 6.08 Å². The number of benzene rings is 1. The van der Waals surface area contributed by atoms with E-state index in [1.165, 1.54) is 6.08 Å². The van der Waals surface area contributed by atoms with Gasteiger partial charge in [0, 0.05) is 10.9 Å². The van der Waals surface area contributed by atoms with Crippen molar-refractivity contribution in [2.24, 2.45) is 5.73 Å². The molecule has 4 nitrogen and oxygen atoms in total. The van der Waals surface area contributed by atoms with Gasteiger partial charge in [-0.25, -0.2) is 0 Å². The number of rotatable bonds is 2. The maximum atomic E-state index is 9.81. The van der Waals surface area contributed by atoms with E-state index in [0.717, 1.165) is 10.9 Å². The number of para-hydroxylation sites is 1. The van der Waals surface area contributed by atoms with Gasteiger partial charge in [0.1, 0.15) is 11.6 Å². The SMILES string of the molecule is N=C(N)/C=C/c1[nH]c2ccccc2c1O.